The number of sulfonamides is 1. The molecule has 1 aromatic carbocycles. The summed E-state index contributed by atoms with van der Waals surface area (Å²) in [5.74, 6) is -0.110. The third kappa shape index (κ3) is 4.40. The summed E-state index contributed by atoms with van der Waals surface area (Å²) in [5.41, 5.74) is 0.272. The van der Waals surface area contributed by atoms with Gasteiger partial charge in [-0.2, -0.15) is 0 Å². The summed E-state index contributed by atoms with van der Waals surface area (Å²) >= 11 is 0. The van der Waals surface area contributed by atoms with Crippen LogP contribution in [-0.4, -0.2) is 33.1 Å². The number of methoxy groups -OCH3 is 1. The van der Waals surface area contributed by atoms with Crippen molar-refractivity contribution in [2.75, 3.05) is 12.4 Å². The van der Waals surface area contributed by atoms with E-state index in [4.69, 9.17) is 4.74 Å². The highest BCUT2D eigenvalue weighted by Crippen LogP contribution is 2.38. The topological polar surface area (TPSA) is 84.5 Å². The number of benzene rings is 1. The van der Waals surface area contributed by atoms with E-state index < -0.39 is 10.0 Å². The third-order valence-corrected chi connectivity index (χ3v) is 6.84. The lowest BCUT2D eigenvalue weighted by Gasteiger charge is -2.39. The van der Waals surface area contributed by atoms with Crippen LogP contribution in [0, 0.1) is 0 Å². The van der Waals surface area contributed by atoms with Crippen molar-refractivity contribution in [1.29, 1.82) is 0 Å². The molecule has 0 unspecified atom stereocenters. The number of hydrogen-bond acceptors (Lipinski definition) is 4. The lowest BCUT2D eigenvalue weighted by molar-refractivity contribution is -0.129. The van der Waals surface area contributed by atoms with Gasteiger partial charge in [-0.3, -0.25) is 4.79 Å². The zero-order chi connectivity index (χ0) is 17.9. The van der Waals surface area contributed by atoms with Gasteiger partial charge in [-0.25, -0.2) is 13.1 Å². The minimum absolute atomic E-state index is 0.0390. The molecular formula is C18H26N2O4S. The van der Waals surface area contributed by atoms with Crippen LogP contribution in [0.2, 0.25) is 0 Å². The number of carbonyl (C=O) groups excluding carboxylic acids is 1. The van der Waals surface area contributed by atoms with Crippen molar-refractivity contribution in [3.8, 4) is 0 Å². The van der Waals surface area contributed by atoms with Crippen LogP contribution in [-0.2, 0) is 19.6 Å². The van der Waals surface area contributed by atoms with Crippen LogP contribution in [0.4, 0.5) is 5.69 Å². The highest BCUT2D eigenvalue weighted by molar-refractivity contribution is 7.89. The molecule has 0 aliphatic heterocycles. The highest BCUT2D eigenvalue weighted by atomic mass is 32.2. The molecule has 3 rings (SSSR count). The number of anilines is 1. The van der Waals surface area contributed by atoms with Crippen molar-refractivity contribution < 1.29 is 17.9 Å². The number of amides is 1. The smallest absolute Gasteiger partial charge is 0.240 e. The monoisotopic (exact) mass is 366 g/mol. The summed E-state index contributed by atoms with van der Waals surface area (Å²) in [6.45, 7) is 0. The molecule has 7 heteroatoms. The molecule has 0 radical (unpaired) electrons. The number of ether oxygens (including phenoxy) is 1. The van der Waals surface area contributed by atoms with Gasteiger partial charge >= 0.3 is 0 Å². The Hall–Kier alpha value is -1.44. The molecule has 1 amide bonds. The molecule has 25 heavy (non-hydrogen) atoms. The maximum absolute atomic E-state index is 12.4. The summed E-state index contributed by atoms with van der Waals surface area (Å²) in [6, 6.07) is 6.35. The predicted octanol–water partition coefficient (Wildman–Crippen LogP) is 2.81. The Balaban J connectivity index is 1.58. The molecule has 2 N–H and O–H groups in total. The molecular weight excluding hydrogens is 340 g/mol. The zero-order valence-corrected chi connectivity index (χ0v) is 15.4. The average molecular weight is 366 g/mol. The number of rotatable bonds is 7. The van der Waals surface area contributed by atoms with Gasteiger partial charge in [0, 0.05) is 18.8 Å². The summed E-state index contributed by atoms with van der Waals surface area (Å²) in [7, 11) is -1.86. The van der Waals surface area contributed by atoms with Gasteiger partial charge in [-0.15, -0.1) is 0 Å². The van der Waals surface area contributed by atoms with Crippen LogP contribution in [0.15, 0.2) is 29.2 Å². The van der Waals surface area contributed by atoms with Gasteiger partial charge < -0.3 is 10.1 Å². The van der Waals surface area contributed by atoms with E-state index in [0.717, 1.165) is 44.9 Å². The Morgan fingerprint density at radius 3 is 2.32 bits per heavy atom. The fourth-order valence-electron chi connectivity index (χ4n) is 3.57. The molecule has 0 spiro atoms. The molecule has 2 aliphatic rings. The van der Waals surface area contributed by atoms with E-state index in [1.807, 2.05) is 0 Å². The fourth-order valence-corrected chi connectivity index (χ4v) is 4.88. The second kappa shape index (κ2) is 7.43. The molecule has 0 aromatic heterocycles. The Morgan fingerprint density at radius 1 is 1.16 bits per heavy atom. The third-order valence-electron chi connectivity index (χ3n) is 5.31. The first-order valence-corrected chi connectivity index (χ1v) is 10.4. The Bertz CT molecular complexity index is 700. The second-order valence-corrected chi connectivity index (χ2v) is 8.81. The first kappa shape index (κ1) is 18.4. The van der Waals surface area contributed by atoms with Crippen LogP contribution in [0.5, 0.6) is 0 Å². The predicted molar refractivity (Wildman–Crippen MR) is 95.9 cm³/mol. The van der Waals surface area contributed by atoms with Crippen LogP contribution in [0.3, 0.4) is 0 Å². The van der Waals surface area contributed by atoms with Gasteiger partial charge in [0.2, 0.25) is 15.9 Å². The van der Waals surface area contributed by atoms with Gasteiger partial charge in [-0.05, 0) is 56.4 Å². The molecule has 2 fully saturated rings. The lowest BCUT2D eigenvalue weighted by Crippen LogP contribution is -2.42. The van der Waals surface area contributed by atoms with E-state index in [2.05, 4.69) is 10.0 Å². The Kier molecular flexibility index (Phi) is 5.46. The summed E-state index contributed by atoms with van der Waals surface area (Å²) in [5, 5.41) is 2.82. The maximum atomic E-state index is 12.4. The van der Waals surface area contributed by atoms with Crippen molar-refractivity contribution >= 4 is 21.6 Å². The molecule has 0 atom stereocenters. The number of nitrogens with one attached hydrogen (secondary N) is 2. The highest BCUT2D eigenvalue weighted by Gasteiger charge is 2.39. The van der Waals surface area contributed by atoms with Crippen molar-refractivity contribution in [2.24, 2.45) is 0 Å². The minimum Gasteiger partial charge on any atom is -0.378 e. The molecule has 6 nitrogen and oxygen atoms in total. The van der Waals surface area contributed by atoms with Crippen molar-refractivity contribution in [2.45, 2.75) is 67.9 Å². The molecule has 138 valence electrons. The molecule has 0 saturated heterocycles. The first-order chi connectivity index (χ1) is 11.9. The molecule has 0 bridgehead atoms. The summed E-state index contributed by atoms with van der Waals surface area (Å²) in [4.78, 5) is 12.4. The Labute approximate surface area is 149 Å². The molecule has 2 saturated carbocycles. The SMILES string of the molecule is COC1(CC(=O)Nc2ccc(S(=O)(=O)NC3CCCC3)cc2)CCC1. The second-order valence-electron chi connectivity index (χ2n) is 7.09. The van der Waals surface area contributed by atoms with Gasteiger partial charge in [-0.1, -0.05) is 12.8 Å². The van der Waals surface area contributed by atoms with E-state index in [-0.39, 0.29) is 22.4 Å². The van der Waals surface area contributed by atoms with E-state index in [1.54, 1.807) is 19.2 Å². The van der Waals surface area contributed by atoms with Gasteiger partial charge in [0.25, 0.3) is 0 Å². The van der Waals surface area contributed by atoms with E-state index >= 15 is 0 Å². The fraction of sp³-hybridized carbons (Fsp3) is 0.611. The van der Waals surface area contributed by atoms with Crippen molar-refractivity contribution in [1.82, 2.24) is 4.72 Å². The standard InChI is InChI=1S/C18H26N2O4S/c1-24-18(11-4-12-18)13-17(21)19-14-7-9-16(10-8-14)25(22,23)20-15-5-2-3-6-15/h7-10,15,20H,2-6,11-13H2,1H3,(H,19,21). The average Bonchev–Trinajstić information content (AvgIpc) is 3.03. The van der Waals surface area contributed by atoms with Crippen LogP contribution in [0.1, 0.15) is 51.4 Å². The molecule has 1 aromatic rings. The van der Waals surface area contributed by atoms with E-state index in [0.29, 0.717) is 12.1 Å². The molecule has 0 heterocycles. The lowest BCUT2D eigenvalue weighted by atomic mass is 9.77. The number of hydrogen-bond donors (Lipinski definition) is 2. The number of carbonyl (C=O) groups is 1. The van der Waals surface area contributed by atoms with Crippen LogP contribution in [0.25, 0.3) is 0 Å². The van der Waals surface area contributed by atoms with Gasteiger partial charge in [0.1, 0.15) is 0 Å². The summed E-state index contributed by atoms with van der Waals surface area (Å²) < 4.78 is 33.0. The molecule has 2 aliphatic carbocycles. The normalized spacial score (nSPS) is 20.2. The quantitative estimate of drug-likeness (QED) is 0.777. The van der Waals surface area contributed by atoms with E-state index in [1.165, 1.54) is 12.1 Å². The zero-order valence-electron chi connectivity index (χ0n) is 14.6. The summed E-state index contributed by atoms with van der Waals surface area (Å²) in [6.07, 6.45) is 7.15. The largest absolute Gasteiger partial charge is 0.378 e. The van der Waals surface area contributed by atoms with Crippen LogP contribution < -0.4 is 10.0 Å². The van der Waals surface area contributed by atoms with Crippen molar-refractivity contribution in [3.63, 3.8) is 0 Å². The maximum Gasteiger partial charge on any atom is 0.240 e. The van der Waals surface area contributed by atoms with Gasteiger partial charge in [0.15, 0.2) is 0 Å². The Morgan fingerprint density at radius 2 is 1.80 bits per heavy atom. The van der Waals surface area contributed by atoms with Gasteiger partial charge in [0.05, 0.1) is 16.9 Å². The van der Waals surface area contributed by atoms with Crippen molar-refractivity contribution in [3.05, 3.63) is 24.3 Å². The first-order valence-electron chi connectivity index (χ1n) is 8.90. The van der Waals surface area contributed by atoms with E-state index in [9.17, 15) is 13.2 Å². The van der Waals surface area contributed by atoms with Crippen LogP contribution >= 0.6 is 0 Å². The minimum atomic E-state index is -3.50.